The zero-order chi connectivity index (χ0) is 16.6. The van der Waals surface area contributed by atoms with Crippen LogP contribution in [0.3, 0.4) is 0 Å². The van der Waals surface area contributed by atoms with Gasteiger partial charge in [0.2, 0.25) is 11.8 Å². The van der Waals surface area contributed by atoms with Crippen molar-refractivity contribution in [2.24, 2.45) is 5.92 Å². The van der Waals surface area contributed by atoms with Gasteiger partial charge in [-0.05, 0) is 49.9 Å². The molecule has 0 aromatic heterocycles. The molecule has 23 heavy (non-hydrogen) atoms. The van der Waals surface area contributed by atoms with Crippen LogP contribution in [0.25, 0.3) is 0 Å². The highest BCUT2D eigenvalue weighted by atomic mass is 16.2. The van der Waals surface area contributed by atoms with E-state index in [1.807, 2.05) is 17.0 Å². The summed E-state index contributed by atoms with van der Waals surface area (Å²) in [6, 6.07) is 5.59. The Hall–Kier alpha value is -2.17. The molecule has 2 heterocycles. The number of piperidine rings is 1. The van der Waals surface area contributed by atoms with E-state index < -0.39 is 0 Å². The van der Waals surface area contributed by atoms with Crippen molar-refractivity contribution in [3.05, 3.63) is 29.3 Å². The van der Waals surface area contributed by atoms with Gasteiger partial charge in [-0.15, -0.1) is 0 Å². The predicted octanol–water partition coefficient (Wildman–Crippen LogP) is 2.04. The van der Waals surface area contributed by atoms with Crippen molar-refractivity contribution in [3.63, 3.8) is 0 Å². The maximum Gasteiger partial charge on any atom is 0.230 e. The summed E-state index contributed by atoms with van der Waals surface area (Å²) in [5, 5.41) is 0. The molecule has 1 saturated heterocycles. The van der Waals surface area contributed by atoms with Gasteiger partial charge < -0.3 is 9.80 Å². The van der Waals surface area contributed by atoms with E-state index in [0.29, 0.717) is 25.2 Å². The van der Waals surface area contributed by atoms with Gasteiger partial charge in [0.1, 0.15) is 0 Å². The lowest BCUT2D eigenvalue weighted by atomic mass is 9.95. The van der Waals surface area contributed by atoms with Crippen molar-refractivity contribution in [1.82, 2.24) is 4.90 Å². The van der Waals surface area contributed by atoms with Crippen LogP contribution in [0.1, 0.15) is 42.6 Å². The summed E-state index contributed by atoms with van der Waals surface area (Å²) in [7, 11) is 0. The molecule has 3 rings (SSSR count). The lowest BCUT2D eigenvalue weighted by molar-refractivity contribution is -0.133. The van der Waals surface area contributed by atoms with E-state index in [1.54, 1.807) is 24.8 Å². The minimum atomic E-state index is -0.0102. The second-order valence-electron chi connectivity index (χ2n) is 6.42. The number of likely N-dealkylation sites (tertiary alicyclic amines) is 1. The van der Waals surface area contributed by atoms with Gasteiger partial charge in [-0.3, -0.25) is 14.4 Å². The van der Waals surface area contributed by atoms with Crippen molar-refractivity contribution in [3.8, 4) is 0 Å². The molecule has 0 unspecified atom stereocenters. The Morgan fingerprint density at radius 1 is 1.04 bits per heavy atom. The molecule has 0 aliphatic carbocycles. The standard InChI is InChI=1S/C18H22N2O3/c1-12(21)15-3-4-17-16(11-15)7-10-20(17)18(23)14-5-8-19(9-6-14)13(2)22/h3-4,11,14H,5-10H2,1-2H3. The largest absolute Gasteiger partial charge is 0.343 e. The zero-order valence-electron chi connectivity index (χ0n) is 13.7. The highest BCUT2D eigenvalue weighted by molar-refractivity contribution is 5.99. The van der Waals surface area contributed by atoms with Crippen molar-refractivity contribution < 1.29 is 14.4 Å². The van der Waals surface area contributed by atoms with Crippen molar-refractivity contribution in [2.45, 2.75) is 33.1 Å². The van der Waals surface area contributed by atoms with Gasteiger partial charge in [-0.25, -0.2) is 0 Å². The Bertz CT molecular complexity index is 660. The van der Waals surface area contributed by atoms with E-state index in [1.165, 1.54) is 0 Å². The fourth-order valence-electron chi connectivity index (χ4n) is 3.51. The van der Waals surface area contributed by atoms with E-state index in [0.717, 1.165) is 30.5 Å². The van der Waals surface area contributed by atoms with Crippen molar-refractivity contribution in [1.29, 1.82) is 0 Å². The third-order valence-corrected chi connectivity index (χ3v) is 4.94. The topological polar surface area (TPSA) is 57.7 Å². The molecule has 0 spiro atoms. The first kappa shape index (κ1) is 15.7. The molecule has 2 aliphatic rings. The average molecular weight is 314 g/mol. The number of Topliss-reactive ketones (excluding diaryl/α,β-unsaturated/α-hetero) is 1. The first-order valence-corrected chi connectivity index (χ1v) is 8.18. The summed E-state index contributed by atoms with van der Waals surface area (Å²) in [6.07, 6.45) is 2.26. The van der Waals surface area contributed by atoms with Gasteiger partial charge in [0.15, 0.2) is 5.78 Å². The third-order valence-electron chi connectivity index (χ3n) is 4.94. The molecule has 0 bridgehead atoms. The first-order chi connectivity index (χ1) is 11.0. The highest BCUT2D eigenvalue weighted by Crippen LogP contribution is 2.32. The molecule has 1 fully saturated rings. The Morgan fingerprint density at radius 2 is 1.74 bits per heavy atom. The van der Waals surface area contributed by atoms with E-state index in [4.69, 9.17) is 0 Å². The van der Waals surface area contributed by atoms with Crippen LogP contribution in [0.15, 0.2) is 18.2 Å². The van der Waals surface area contributed by atoms with Crippen LogP contribution in [0.5, 0.6) is 0 Å². The van der Waals surface area contributed by atoms with Crippen LogP contribution in [0, 0.1) is 5.92 Å². The molecule has 0 atom stereocenters. The van der Waals surface area contributed by atoms with Crippen LogP contribution in [0.4, 0.5) is 5.69 Å². The lowest BCUT2D eigenvalue weighted by Crippen LogP contribution is -2.43. The Labute approximate surface area is 136 Å². The van der Waals surface area contributed by atoms with Gasteiger partial charge in [0.25, 0.3) is 0 Å². The number of fused-ring (bicyclic) bond motifs is 1. The number of nitrogens with zero attached hydrogens (tertiary/aromatic N) is 2. The molecule has 0 radical (unpaired) electrons. The van der Waals surface area contributed by atoms with E-state index in [-0.39, 0.29) is 23.5 Å². The third kappa shape index (κ3) is 3.00. The van der Waals surface area contributed by atoms with Gasteiger partial charge >= 0.3 is 0 Å². The van der Waals surface area contributed by atoms with Crippen LogP contribution in [-0.2, 0) is 16.0 Å². The predicted molar refractivity (Wildman–Crippen MR) is 87.5 cm³/mol. The molecule has 5 heteroatoms. The molecule has 0 N–H and O–H groups in total. The number of hydrogen-bond donors (Lipinski definition) is 0. The van der Waals surface area contributed by atoms with Gasteiger partial charge in [0.05, 0.1) is 0 Å². The number of amides is 2. The average Bonchev–Trinajstić information content (AvgIpc) is 2.97. The van der Waals surface area contributed by atoms with Crippen LogP contribution < -0.4 is 4.90 Å². The normalized spacial score (nSPS) is 18.0. The fourth-order valence-corrected chi connectivity index (χ4v) is 3.51. The van der Waals surface area contributed by atoms with Gasteiger partial charge in [-0.1, -0.05) is 0 Å². The van der Waals surface area contributed by atoms with E-state index in [9.17, 15) is 14.4 Å². The highest BCUT2D eigenvalue weighted by Gasteiger charge is 2.33. The molecular formula is C18H22N2O3. The Morgan fingerprint density at radius 3 is 2.35 bits per heavy atom. The van der Waals surface area contributed by atoms with E-state index in [2.05, 4.69) is 0 Å². The summed E-state index contributed by atoms with van der Waals surface area (Å²) in [6.45, 7) is 5.14. The smallest absolute Gasteiger partial charge is 0.230 e. The van der Waals surface area contributed by atoms with Crippen LogP contribution in [0.2, 0.25) is 0 Å². The number of carbonyl (C=O) groups is 3. The number of carbonyl (C=O) groups excluding carboxylic acids is 3. The summed E-state index contributed by atoms with van der Waals surface area (Å²) < 4.78 is 0. The van der Waals surface area contributed by atoms with E-state index >= 15 is 0 Å². The molecule has 122 valence electrons. The molecule has 1 aromatic carbocycles. The molecule has 2 aliphatic heterocycles. The number of benzene rings is 1. The molecular weight excluding hydrogens is 292 g/mol. The summed E-state index contributed by atoms with van der Waals surface area (Å²) in [5.41, 5.74) is 2.72. The molecule has 5 nitrogen and oxygen atoms in total. The second kappa shape index (κ2) is 6.14. The Balaban J connectivity index is 1.71. The quantitative estimate of drug-likeness (QED) is 0.785. The summed E-state index contributed by atoms with van der Waals surface area (Å²) in [4.78, 5) is 39.3. The molecule has 1 aromatic rings. The molecule has 0 saturated carbocycles. The van der Waals surface area contributed by atoms with Gasteiger partial charge in [0, 0.05) is 43.7 Å². The maximum atomic E-state index is 12.8. The van der Waals surface area contributed by atoms with Gasteiger partial charge in [-0.2, -0.15) is 0 Å². The first-order valence-electron chi connectivity index (χ1n) is 8.18. The number of anilines is 1. The van der Waals surface area contributed by atoms with Crippen molar-refractivity contribution >= 4 is 23.3 Å². The van der Waals surface area contributed by atoms with Crippen molar-refractivity contribution in [2.75, 3.05) is 24.5 Å². The Kier molecular flexibility index (Phi) is 4.20. The molecule has 2 amide bonds. The number of hydrogen-bond acceptors (Lipinski definition) is 3. The monoisotopic (exact) mass is 314 g/mol. The summed E-state index contributed by atoms with van der Waals surface area (Å²) in [5.74, 6) is 0.278. The SMILES string of the molecule is CC(=O)c1ccc2c(c1)CCN2C(=O)C1CCN(C(C)=O)CC1. The lowest BCUT2D eigenvalue weighted by Gasteiger charge is -2.32. The number of ketones is 1. The minimum Gasteiger partial charge on any atom is -0.343 e. The minimum absolute atomic E-state index is 0.0102. The fraction of sp³-hybridized carbons (Fsp3) is 0.500. The second-order valence-corrected chi connectivity index (χ2v) is 6.42. The van der Waals surface area contributed by atoms with Crippen LogP contribution >= 0.6 is 0 Å². The van der Waals surface area contributed by atoms with Crippen LogP contribution in [-0.4, -0.2) is 42.1 Å². The number of rotatable bonds is 2. The summed E-state index contributed by atoms with van der Waals surface area (Å²) >= 11 is 0. The maximum absolute atomic E-state index is 12.8. The zero-order valence-corrected chi connectivity index (χ0v) is 13.7.